The van der Waals surface area contributed by atoms with Crippen LogP contribution in [0.25, 0.3) is 0 Å². The topological polar surface area (TPSA) is 68.2 Å². The number of ether oxygens (including phenoxy) is 1. The zero-order valence-corrected chi connectivity index (χ0v) is 15.1. The molecular formula is C19H26N4O2. The van der Waals surface area contributed by atoms with E-state index < -0.39 is 0 Å². The first kappa shape index (κ1) is 17.3. The SMILES string of the molecule is CCn1nc(C)c(CNC(=O)N[C@H]2CCCOc3ccccc32)c1C. The molecule has 0 aliphatic carbocycles. The lowest BCUT2D eigenvalue weighted by Crippen LogP contribution is -2.37. The first-order valence-corrected chi connectivity index (χ1v) is 8.89. The van der Waals surface area contributed by atoms with Gasteiger partial charge in [-0.1, -0.05) is 18.2 Å². The minimum absolute atomic E-state index is 0.0285. The van der Waals surface area contributed by atoms with Gasteiger partial charge in [0.2, 0.25) is 0 Å². The molecule has 6 nitrogen and oxygen atoms in total. The number of amides is 2. The van der Waals surface area contributed by atoms with Crippen LogP contribution < -0.4 is 15.4 Å². The summed E-state index contributed by atoms with van der Waals surface area (Å²) in [5.41, 5.74) is 4.20. The van der Waals surface area contributed by atoms with Crippen LogP contribution in [0.4, 0.5) is 4.79 Å². The molecule has 0 bridgehead atoms. The highest BCUT2D eigenvalue weighted by Gasteiger charge is 2.21. The number of para-hydroxylation sites is 1. The van der Waals surface area contributed by atoms with Gasteiger partial charge in [0, 0.05) is 29.9 Å². The molecule has 2 heterocycles. The average Bonchev–Trinajstić information content (AvgIpc) is 2.77. The number of aromatic nitrogens is 2. The first-order chi connectivity index (χ1) is 12.1. The molecule has 134 valence electrons. The van der Waals surface area contributed by atoms with Crippen molar-refractivity contribution in [2.75, 3.05) is 6.61 Å². The van der Waals surface area contributed by atoms with Crippen molar-refractivity contribution in [3.63, 3.8) is 0 Å². The van der Waals surface area contributed by atoms with E-state index in [0.29, 0.717) is 13.2 Å². The van der Waals surface area contributed by atoms with Crippen LogP contribution in [0.15, 0.2) is 24.3 Å². The largest absolute Gasteiger partial charge is 0.493 e. The molecule has 1 aliphatic rings. The van der Waals surface area contributed by atoms with Gasteiger partial charge in [-0.15, -0.1) is 0 Å². The number of carbonyl (C=O) groups is 1. The van der Waals surface area contributed by atoms with Gasteiger partial charge < -0.3 is 15.4 Å². The molecule has 1 atom stereocenters. The second-order valence-corrected chi connectivity index (χ2v) is 6.37. The first-order valence-electron chi connectivity index (χ1n) is 8.89. The van der Waals surface area contributed by atoms with E-state index in [-0.39, 0.29) is 12.1 Å². The quantitative estimate of drug-likeness (QED) is 0.896. The fourth-order valence-corrected chi connectivity index (χ4v) is 3.35. The fraction of sp³-hybridized carbons (Fsp3) is 0.474. The van der Waals surface area contributed by atoms with Crippen LogP contribution in [0, 0.1) is 13.8 Å². The van der Waals surface area contributed by atoms with Crippen molar-refractivity contribution in [2.45, 2.75) is 52.7 Å². The summed E-state index contributed by atoms with van der Waals surface area (Å²) in [5.74, 6) is 0.862. The second-order valence-electron chi connectivity index (χ2n) is 6.37. The lowest BCUT2D eigenvalue weighted by Gasteiger charge is -2.18. The standard InChI is InChI=1S/C19H26N4O2/c1-4-23-14(3)16(13(2)22-23)12-20-19(24)21-17-9-7-11-25-18-10-6-5-8-15(17)18/h5-6,8,10,17H,4,7,9,11-12H2,1-3H3,(H2,20,21,24)/t17-/m0/s1. The van der Waals surface area contributed by atoms with E-state index in [0.717, 1.165) is 47.7 Å². The molecule has 0 spiro atoms. The molecule has 0 saturated carbocycles. The summed E-state index contributed by atoms with van der Waals surface area (Å²) in [4.78, 5) is 12.4. The van der Waals surface area contributed by atoms with Gasteiger partial charge in [-0.25, -0.2) is 4.79 Å². The van der Waals surface area contributed by atoms with Crippen molar-refractivity contribution in [1.29, 1.82) is 0 Å². The van der Waals surface area contributed by atoms with E-state index in [1.54, 1.807) is 0 Å². The molecule has 1 aromatic heterocycles. The second kappa shape index (κ2) is 7.59. The molecule has 0 unspecified atom stereocenters. The molecule has 1 aromatic carbocycles. The molecule has 0 radical (unpaired) electrons. The van der Waals surface area contributed by atoms with Gasteiger partial charge in [-0.3, -0.25) is 4.68 Å². The third-order valence-corrected chi connectivity index (χ3v) is 4.75. The minimum Gasteiger partial charge on any atom is -0.493 e. The Labute approximate surface area is 148 Å². The number of nitrogens with one attached hydrogen (secondary N) is 2. The van der Waals surface area contributed by atoms with Crippen molar-refractivity contribution in [2.24, 2.45) is 0 Å². The Balaban J connectivity index is 1.64. The molecule has 3 rings (SSSR count). The third kappa shape index (κ3) is 3.78. The van der Waals surface area contributed by atoms with E-state index in [1.807, 2.05) is 42.8 Å². The molecular weight excluding hydrogens is 316 g/mol. The zero-order valence-electron chi connectivity index (χ0n) is 15.1. The van der Waals surface area contributed by atoms with Gasteiger partial charge in [0.25, 0.3) is 0 Å². The van der Waals surface area contributed by atoms with Crippen LogP contribution in [-0.4, -0.2) is 22.4 Å². The summed E-state index contributed by atoms with van der Waals surface area (Å²) in [7, 11) is 0. The molecule has 2 N–H and O–H groups in total. The Kier molecular flexibility index (Phi) is 5.26. The Morgan fingerprint density at radius 3 is 2.92 bits per heavy atom. The van der Waals surface area contributed by atoms with Gasteiger partial charge in [0.05, 0.1) is 18.3 Å². The van der Waals surface area contributed by atoms with Gasteiger partial charge in [0.15, 0.2) is 0 Å². The van der Waals surface area contributed by atoms with Gasteiger partial charge in [-0.05, 0) is 39.7 Å². The highest BCUT2D eigenvalue weighted by Crippen LogP contribution is 2.31. The van der Waals surface area contributed by atoms with E-state index in [1.165, 1.54) is 0 Å². The smallest absolute Gasteiger partial charge is 0.315 e. The molecule has 2 aromatic rings. The number of benzene rings is 1. The highest BCUT2D eigenvalue weighted by molar-refractivity contribution is 5.74. The number of urea groups is 1. The maximum absolute atomic E-state index is 12.4. The average molecular weight is 342 g/mol. The van der Waals surface area contributed by atoms with Crippen molar-refractivity contribution in [3.05, 3.63) is 46.8 Å². The molecule has 25 heavy (non-hydrogen) atoms. The number of rotatable bonds is 4. The molecule has 2 amide bonds. The Hall–Kier alpha value is -2.50. The molecule has 0 saturated heterocycles. The lowest BCUT2D eigenvalue weighted by molar-refractivity contribution is 0.235. The summed E-state index contributed by atoms with van der Waals surface area (Å²) < 4.78 is 7.71. The van der Waals surface area contributed by atoms with Crippen LogP contribution in [0.1, 0.15) is 48.3 Å². The molecule has 1 aliphatic heterocycles. The fourth-order valence-electron chi connectivity index (χ4n) is 3.35. The van der Waals surface area contributed by atoms with Gasteiger partial charge >= 0.3 is 6.03 Å². The Morgan fingerprint density at radius 1 is 1.36 bits per heavy atom. The Bertz CT molecular complexity index is 754. The summed E-state index contributed by atoms with van der Waals surface area (Å²) in [5, 5.41) is 10.6. The maximum Gasteiger partial charge on any atom is 0.315 e. The summed E-state index contributed by atoms with van der Waals surface area (Å²) in [6.45, 7) is 8.08. The van der Waals surface area contributed by atoms with E-state index >= 15 is 0 Å². The number of fused-ring (bicyclic) bond motifs is 1. The number of hydrogen-bond acceptors (Lipinski definition) is 3. The van der Waals surface area contributed by atoms with Crippen molar-refractivity contribution >= 4 is 6.03 Å². The van der Waals surface area contributed by atoms with Crippen LogP contribution in [0.2, 0.25) is 0 Å². The number of carbonyl (C=O) groups excluding carboxylic acids is 1. The predicted molar refractivity (Wildman–Crippen MR) is 96.7 cm³/mol. The van der Waals surface area contributed by atoms with Crippen LogP contribution >= 0.6 is 0 Å². The van der Waals surface area contributed by atoms with Crippen molar-refractivity contribution < 1.29 is 9.53 Å². The maximum atomic E-state index is 12.4. The van der Waals surface area contributed by atoms with Crippen LogP contribution in [0.3, 0.4) is 0 Å². The monoisotopic (exact) mass is 342 g/mol. The van der Waals surface area contributed by atoms with E-state index in [9.17, 15) is 4.79 Å². The highest BCUT2D eigenvalue weighted by atomic mass is 16.5. The number of hydrogen-bond donors (Lipinski definition) is 2. The van der Waals surface area contributed by atoms with Crippen LogP contribution in [-0.2, 0) is 13.1 Å². The predicted octanol–water partition coefficient (Wildman–Crippen LogP) is 3.23. The zero-order chi connectivity index (χ0) is 17.8. The summed E-state index contributed by atoms with van der Waals surface area (Å²) >= 11 is 0. The van der Waals surface area contributed by atoms with Gasteiger partial charge in [-0.2, -0.15) is 5.10 Å². The van der Waals surface area contributed by atoms with Crippen molar-refractivity contribution in [3.8, 4) is 5.75 Å². The molecule has 6 heteroatoms. The van der Waals surface area contributed by atoms with Crippen molar-refractivity contribution in [1.82, 2.24) is 20.4 Å². The van der Waals surface area contributed by atoms with E-state index in [4.69, 9.17) is 4.74 Å². The normalized spacial score (nSPS) is 16.5. The number of aryl methyl sites for hydroxylation is 2. The molecule has 0 fully saturated rings. The lowest BCUT2D eigenvalue weighted by atomic mass is 10.0. The van der Waals surface area contributed by atoms with Crippen LogP contribution in [0.5, 0.6) is 5.75 Å². The third-order valence-electron chi connectivity index (χ3n) is 4.75. The summed E-state index contributed by atoms with van der Waals surface area (Å²) in [6, 6.07) is 7.72. The minimum atomic E-state index is -0.162. The van der Waals surface area contributed by atoms with Gasteiger partial charge in [0.1, 0.15) is 5.75 Å². The Morgan fingerprint density at radius 2 is 2.16 bits per heavy atom. The number of nitrogens with zero attached hydrogens (tertiary/aromatic N) is 2. The van der Waals surface area contributed by atoms with E-state index in [2.05, 4.69) is 22.7 Å². The summed E-state index contributed by atoms with van der Waals surface area (Å²) in [6.07, 6.45) is 1.79.